The van der Waals surface area contributed by atoms with E-state index in [1.165, 1.54) is 18.5 Å². The van der Waals surface area contributed by atoms with Gasteiger partial charge in [0, 0.05) is 39.0 Å². The molecule has 1 fully saturated rings. The van der Waals surface area contributed by atoms with Gasteiger partial charge in [0.15, 0.2) is 17.2 Å². The maximum Gasteiger partial charge on any atom is 0.414 e. The Labute approximate surface area is 220 Å². The second-order valence-corrected chi connectivity index (χ2v) is 9.17. The lowest BCUT2D eigenvalue weighted by molar-refractivity contribution is -0.00257. The molecule has 2 aliphatic heterocycles. The molecule has 0 unspecified atom stereocenters. The van der Waals surface area contributed by atoms with Crippen molar-refractivity contribution in [1.82, 2.24) is 39.5 Å². The molecule has 1 saturated heterocycles. The van der Waals surface area contributed by atoms with Crippen molar-refractivity contribution < 1.29 is 23.8 Å². The minimum atomic E-state index is -0.631. The number of carbonyl (C=O) groups is 2. The lowest BCUT2D eigenvalue weighted by Crippen LogP contribution is -2.49. The zero-order chi connectivity index (χ0) is 26.4. The van der Waals surface area contributed by atoms with Crippen molar-refractivity contribution in [3.8, 4) is 17.4 Å². The monoisotopic (exact) mass is 539 g/mol. The van der Waals surface area contributed by atoms with Crippen LogP contribution in [0.4, 0.5) is 16.6 Å². The van der Waals surface area contributed by atoms with E-state index in [0.717, 1.165) is 0 Å². The number of nitrogens with one attached hydrogen (secondary N) is 2. The van der Waals surface area contributed by atoms with Crippen LogP contribution in [-0.2, 0) is 18.3 Å². The molecule has 196 valence electrons. The molecule has 0 bridgehead atoms. The van der Waals surface area contributed by atoms with Crippen LogP contribution < -0.4 is 20.1 Å². The van der Waals surface area contributed by atoms with Gasteiger partial charge in [0.05, 0.1) is 32.0 Å². The van der Waals surface area contributed by atoms with E-state index >= 15 is 0 Å². The van der Waals surface area contributed by atoms with Crippen molar-refractivity contribution in [3.05, 3.63) is 41.3 Å². The Balaban J connectivity index is 1.21. The van der Waals surface area contributed by atoms with Crippen LogP contribution >= 0.6 is 11.6 Å². The first kappa shape index (κ1) is 23.9. The van der Waals surface area contributed by atoms with E-state index in [2.05, 4.69) is 30.7 Å². The molecule has 0 aliphatic carbocycles. The molecule has 15 heteroatoms. The summed E-state index contributed by atoms with van der Waals surface area (Å²) in [7, 11) is 3.53. The average Bonchev–Trinajstić information content (AvgIpc) is 3.42. The number of hydrogen-bond acceptors (Lipinski definition) is 10. The van der Waals surface area contributed by atoms with Gasteiger partial charge in [0.2, 0.25) is 11.8 Å². The lowest BCUT2D eigenvalue weighted by Gasteiger charge is -2.26. The molecule has 4 aromatic heterocycles. The Kier molecular flexibility index (Phi) is 5.96. The topological polar surface area (TPSA) is 151 Å². The number of likely N-dealkylation sites (N-methyl/N-ethyl adjacent to an activating group) is 1. The van der Waals surface area contributed by atoms with Crippen LogP contribution in [0.3, 0.4) is 0 Å². The fraction of sp³-hybridized carbons (Fsp3) is 0.304. The van der Waals surface area contributed by atoms with Gasteiger partial charge in [-0.3, -0.25) is 9.48 Å². The van der Waals surface area contributed by atoms with Crippen LogP contribution in [0.2, 0.25) is 5.02 Å². The van der Waals surface area contributed by atoms with E-state index in [-0.39, 0.29) is 28.6 Å². The SMILES string of the molecule is CN1CCn2nc(Nc3nc4ncc(Oc5ccnc(OC(=O)NC6COC6)c5)c(Cl)c4n3C)cc2C1=O. The average molecular weight is 540 g/mol. The Hall–Kier alpha value is -4.43. The number of imidazole rings is 1. The molecule has 0 saturated carbocycles. The van der Waals surface area contributed by atoms with Gasteiger partial charge in [0.1, 0.15) is 22.0 Å². The van der Waals surface area contributed by atoms with Gasteiger partial charge in [0.25, 0.3) is 5.91 Å². The molecule has 0 aromatic carbocycles. The molecule has 2 N–H and O–H groups in total. The summed E-state index contributed by atoms with van der Waals surface area (Å²) in [5.74, 6) is 1.50. The van der Waals surface area contributed by atoms with Crippen LogP contribution in [-0.4, -0.2) is 79.0 Å². The predicted octanol–water partition coefficient (Wildman–Crippen LogP) is 2.32. The van der Waals surface area contributed by atoms with Gasteiger partial charge in [-0.1, -0.05) is 11.6 Å². The first-order valence-electron chi connectivity index (χ1n) is 11.7. The highest BCUT2D eigenvalue weighted by Crippen LogP contribution is 2.36. The van der Waals surface area contributed by atoms with E-state index in [4.69, 9.17) is 25.8 Å². The van der Waals surface area contributed by atoms with Gasteiger partial charge in [-0.05, 0) is 6.07 Å². The molecular weight excluding hydrogens is 518 g/mol. The lowest BCUT2D eigenvalue weighted by atomic mass is 10.3. The number of aromatic nitrogens is 6. The van der Waals surface area contributed by atoms with E-state index in [0.29, 0.717) is 60.7 Å². The summed E-state index contributed by atoms with van der Waals surface area (Å²) in [6.45, 7) is 2.10. The van der Waals surface area contributed by atoms with Crippen LogP contribution in [0.5, 0.6) is 17.4 Å². The van der Waals surface area contributed by atoms with Crippen molar-refractivity contribution >= 4 is 46.5 Å². The second kappa shape index (κ2) is 9.46. The van der Waals surface area contributed by atoms with Crippen molar-refractivity contribution in [1.29, 1.82) is 0 Å². The molecule has 6 rings (SSSR count). The van der Waals surface area contributed by atoms with Crippen molar-refractivity contribution in [2.24, 2.45) is 7.05 Å². The highest BCUT2D eigenvalue weighted by Gasteiger charge is 2.25. The quantitative estimate of drug-likeness (QED) is 0.373. The Morgan fingerprint density at radius 1 is 1.21 bits per heavy atom. The minimum Gasteiger partial charge on any atom is -0.454 e. The maximum atomic E-state index is 12.4. The standard InChI is InChI=1S/C23H22ClN9O5/c1-31-5-6-33-14(21(31)34)8-16(30-33)28-22-29-20-19(32(22)2)18(24)15(9-26-20)37-13-3-4-25-17(7-13)38-23(35)27-12-10-36-11-12/h3-4,7-9,12H,5-6,10-11H2,1-2H3,(H,27,35)(H,26,28,29,30). The molecule has 14 nitrogen and oxygen atoms in total. The molecule has 2 aliphatic rings. The molecule has 0 spiro atoms. The maximum absolute atomic E-state index is 12.4. The first-order valence-corrected chi connectivity index (χ1v) is 12.0. The minimum absolute atomic E-state index is 0.0601. The number of anilines is 2. The number of aryl methyl sites for hydroxylation is 1. The van der Waals surface area contributed by atoms with Gasteiger partial charge in [-0.25, -0.2) is 14.8 Å². The normalized spacial score (nSPS) is 15.2. The number of rotatable bonds is 6. The van der Waals surface area contributed by atoms with E-state index < -0.39 is 6.09 Å². The van der Waals surface area contributed by atoms with Crippen LogP contribution in [0.15, 0.2) is 30.6 Å². The first-order chi connectivity index (χ1) is 18.4. The van der Waals surface area contributed by atoms with Gasteiger partial charge in [-0.15, -0.1) is 0 Å². The summed E-state index contributed by atoms with van der Waals surface area (Å²) in [5.41, 5.74) is 1.42. The zero-order valence-corrected chi connectivity index (χ0v) is 21.1. The number of nitrogens with zero attached hydrogens (tertiary/aromatic N) is 7. The smallest absolute Gasteiger partial charge is 0.414 e. The summed E-state index contributed by atoms with van der Waals surface area (Å²) in [6.07, 6.45) is 2.27. The Bertz CT molecular complexity index is 1560. The molecule has 38 heavy (non-hydrogen) atoms. The highest BCUT2D eigenvalue weighted by molar-refractivity contribution is 6.36. The number of pyridine rings is 2. The molecule has 2 amide bonds. The van der Waals surface area contributed by atoms with E-state index in [1.54, 1.807) is 40.4 Å². The van der Waals surface area contributed by atoms with Gasteiger partial charge >= 0.3 is 6.09 Å². The third kappa shape index (κ3) is 4.43. The van der Waals surface area contributed by atoms with E-state index in [9.17, 15) is 9.59 Å². The van der Waals surface area contributed by atoms with Crippen molar-refractivity contribution in [3.63, 3.8) is 0 Å². The largest absolute Gasteiger partial charge is 0.454 e. The zero-order valence-electron chi connectivity index (χ0n) is 20.3. The second-order valence-electron chi connectivity index (χ2n) is 8.79. The van der Waals surface area contributed by atoms with Crippen LogP contribution in [0.1, 0.15) is 10.5 Å². The number of fused-ring (bicyclic) bond motifs is 2. The number of amides is 2. The van der Waals surface area contributed by atoms with Crippen LogP contribution in [0, 0.1) is 0 Å². The number of halogens is 1. The van der Waals surface area contributed by atoms with E-state index in [1.807, 2.05) is 0 Å². The highest BCUT2D eigenvalue weighted by atomic mass is 35.5. The predicted molar refractivity (Wildman–Crippen MR) is 134 cm³/mol. The fourth-order valence-electron chi connectivity index (χ4n) is 4.02. The van der Waals surface area contributed by atoms with Crippen molar-refractivity contribution in [2.75, 3.05) is 32.1 Å². The Morgan fingerprint density at radius 3 is 2.84 bits per heavy atom. The van der Waals surface area contributed by atoms with Gasteiger partial charge in [-0.2, -0.15) is 10.1 Å². The fourth-order valence-corrected chi connectivity index (χ4v) is 4.32. The molecule has 0 atom stereocenters. The summed E-state index contributed by atoms with van der Waals surface area (Å²) in [5, 5.41) is 10.5. The molecule has 6 heterocycles. The molecule has 4 aromatic rings. The summed E-state index contributed by atoms with van der Waals surface area (Å²) >= 11 is 6.69. The van der Waals surface area contributed by atoms with Gasteiger partial charge < -0.3 is 34.3 Å². The Morgan fingerprint density at radius 2 is 2.05 bits per heavy atom. The summed E-state index contributed by atoms with van der Waals surface area (Å²) in [4.78, 5) is 39.0. The number of carbonyl (C=O) groups excluding carboxylic acids is 2. The summed E-state index contributed by atoms with van der Waals surface area (Å²) < 4.78 is 19.6. The van der Waals surface area contributed by atoms with Crippen molar-refractivity contribution in [2.45, 2.75) is 12.6 Å². The summed E-state index contributed by atoms with van der Waals surface area (Å²) in [6, 6.07) is 4.68. The number of hydrogen-bond donors (Lipinski definition) is 2. The molecular formula is C23H22ClN9O5. The third-order valence-electron chi connectivity index (χ3n) is 6.13. The van der Waals surface area contributed by atoms with Crippen LogP contribution in [0.25, 0.3) is 11.2 Å². The number of ether oxygens (including phenoxy) is 3. The third-order valence-corrected chi connectivity index (χ3v) is 6.49. The molecule has 0 radical (unpaired) electrons.